The molecule has 0 unspecified atom stereocenters. The summed E-state index contributed by atoms with van der Waals surface area (Å²) in [7, 11) is -3.89. The highest BCUT2D eigenvalue weighted by Gasteiger charge is 2.28. The summed E-state index contributed by atoms with van der Waals surface area (Å²) >= 11 is 6.63. The molecule has 0 heterocycles. The first kappa shape index (κ1) is 26.2. The molecule has 0 saturated heterocycles. The molecular weight excluding hydrogens is 566 g/mol. The maximum Gasteiger partial charge on any atom is 0.308 e. The normalized spacial score (nSPS) is 12.7. The van der Waals surface area contributed by atoms with Gasteiger partial charge in [-0.05, 0) is 74.5 Å². The zero-order chi connectivity index (χ0) is 24.1. The van der Waals surface area contributed by atoms with Crippen LogP contribution >= 0.6 is 31.9 Å². The highest BCUT2D eigenvalue weighted by Crippen LogP contribution is 2.34. The summed E-state index contributed by atoms with van der Waals surface area (Å²) in [5.74, 6) is -1.06. The highest BCUT2D eigenvalue weighted by molar-refractivity contribution is 9.11. The van der Waals surface area contributed by atoms with Crippen molar-refractivity contribution in [1.82, 2.24) is 10.1 Å². The summed E-state index contributed by atoms with van der Waals surface area (Å²) in [5, 5.41) is 3.92. The Balaban J connectivity index is 2.12. The van der Waals surface area contributed by atoms with Crippen LogP contribution in [-0.2, 0) is 19.6 Å². The summed E-state index contributed by atoms with van der Waals surface area (Å²) in [6.45, 7) is 6.61. The largest absolute Gasteiger partial charge is 0.424 e. The van der Waals surface area contributed by atoms with E-state index in [1.54, 1.807) is 38.1 Å². The number of aryl methyl sites for hydroxylation is 1. The first-order valence-electron chi connectivity index (χ1n) is 9.50. The maximum absolute atomic E-state index is 12.7. The minimum absolute atomic E-state index is 0.0765. The Morgan fingerprint density at radius 3 is 2.16 bits per heavy atom. The van der Waals surface area contributed by atoms with Crippen LogP contribution in [0.1, 0.15) is 31.9 Å². The summed E-state index contributed by atoms with van der Waals surface area (Å²) in [6, 6.07) is 8.62. The van der Waals surface area contributed by atoms with Gasteiger partial charge >= 0.3 is 5.97 Å². The molecule has 0 aromatic heterocycles. The van der Waals surface area contributed by atoms with E-state index < -0.39 is 27.9 Å². The van der Waals surface area contributed by atoms with Gasteiger partial charge in [0.05, 0.1) is 20.1 Å². The van der Waals surface area contributed by atoms with E-state index in [-0.39, 0.29) is 10.8 Å². The van der Waals surface area contributed by atoms with Crippen molar-refractivity contribution in [2.24, 2.45) is 11.0 Å². The fraction of sp³-hybridized carbons (Fsp3) is 0.286. The zero-order valence-corrected chi connectivity index (χ0v) is 21.8. The molecule has 2 aromatic rings. The minimum atomic E-state index is -3.89. The predicted octanol–water partition coefficient (Wildman–Crippen LogP) is 3.90. The average molecular weight is 589 g/mol. The van der Waals surface area contributed by atoms with Crippen molar-refractivity contribution in [1.29, 1.82) is 0 Å². The Labute approximate surface area is 204 Å². The van der Waals surface area contributed by atoms with Gasteiger partial charge < -0.3 is 4.74 Å². The van der Waals surface area contributed by atoms with Gasteiger partial charge in [-0.25, -0.2) is 13.8 Å². The number of amides is 1. The smallest absolute Gasteiger partial charge is 0.308 e. The molecule has 0 fully saturated rings. The number of hydrogen-bond acceptors (Lipinski definition) is 6. The van der Waals surface area contributed by atoms with Crippen molar-refractivity contribution in [3.63, 3.8) is 0 Å². The quantitative estimate of drug-likeness (QED) is 0.210. The van der Waals surface area contributed by atoms with Crippen LogP contribution in [0, 0.1) is 12.8 Å². The molecular formula is C21H23Br2N3O5S. The second-order valence-electron chi connectivity index (χ2n) is 7.30. The van der Waals surface area contributed by atoms with Gasteiger partial charge in [-0.1, -0.05) is 31.5 Å². The molecule has 0 spiro atoms. The Bertz CT molecular complexity index is 1110. The number of nitrogens with one attached hydrogen (secondary N) is 2. The lowest BCUT2D eigenvalue weighted by Crippen LogP contribution is -2.48. The van der Waals surface area contributed by atoms with E-state index in [1.165, 1.54) is 25.3 Å². The molecule has 2 N–H and O–H groups in total. The second kappa shape index (κ2) is 11.2. The van der Waals surface area contributed by atoms with Crippen molar-refractivity contribution in [2.45, 2.75) is 38.6 Å². The van der Waals surface area contributed by atoms with Gasteiger partial charge in [0.1, 0.15) is 6.04 Å². The minimum Gasteiger partial charge on any atom is -0.424 e. The summed E-state index contributed by atoms with van der Waals surface area (Å²) < 4.78 is 33.9. The van der Waals surface area contributed by atoms with E-state index in [2.05, 4.69) is 47.1 Å². The van der Waals surface area contributed by atoms with Crippen LogP contribution in [-0.4, -0.2) is 32.6 Å². The van der Waals surface area contributed by atoms with Crippen LogP contribution in [0.2, 0.25) is 0 Å². The van der Waals surface area contributed by atoms with Crippen molar-refractivity contribution in [3.8, 4) is 5.75 Å². The molecule has 0 aliphatic heterocycles. The number of nitrogens with zero attached hydrogens (tertiary/aromatic N) is 1. The molecule has 2 rings (SSSR count). The number of esters is 1. The summed E-state index contributed by atoms with van der Waals surface area (Å²) in [4.78, 5) is 23.9. The van der Waals surface area contributed by atoms with Crippen molar-refractivity contribution >= 4 is 60.0 Å². The molecule has 0 bridgehead atoms. The van der Waals surface area contributed by atoms with E-state index in [0.29, 0.717) is 20.3 Å². The van der Waals surface area contributed by atoms with Gasteiger partial charge in [-0.15, -0.1) is 0 Å². The fourth-order valence-electron chi connectivity index (χ4n) is 2.58. The molecule has 0 radical (unpaired) electrons. The third-order valence-corrected chi connectivity index (χ3v) is 6.85. The molecule has 1 atom stereocenters. The second-order valence-corrected chi connectivity index (χ2v) is 10.7. The molecule has 2 aromatic carbocycles. The Hall–Kier alpha value is -2.08. The Morgan fingerprint density at radius 1 is 1.09 bits per heavy atom. The van der Waals surface area contributed by atoms with Crippen LogP contribution in [0.3, 0.4) is 0 Å². The van der Waals surface area contributed by atoms with Gasteiger partial charge in [0.25, 0.3) is 5.91 Å². The molecule has 0 saturated carbocycles. The third-order valence-electron chi connectivity index (χ3n) is 4.22. The van der Waals surface area contributed by atoms with Gasteiger partial charge in [-0.2, -0.15) is 9.82 Å². The lowest BCUT2D eigenvalue weighted by atomic mass is 10.1. The molecule has 0 aliphatic carbocycles. The number of rotatable bonds is 8. The van der Waals surface area contributed by atoms with Gasteiger partial charge in [0.15, 0.2) is 5.75 Å². The molecule has 8 nitrogen and oxygen atoms in total. The lowest BCUT2D eigenvalue weighted by Gasteiger charge is -2.20. The number of sulfonamides is 1. The Morgan fingerprint density at radius 2 is 1.66 bits per heavy atom. The monoisotopic (exact) mass is 587 g/mol. The van der Waals surface area contributed by atoms with E-state index in [4.69, 9.17) is 4.74 Å². The average Bonchev–Trinajstić information content (AvgIpc) is 2.69. The van der Waals surface area contributed by atoms with Crippen molar-refractivity contribution < 1.29 is 22.7 Å². The topological polar surface area (TPSA) is 114 Å². The van der Waals surface area contributed by atoms with E-state index in [1.807, 2.05) is 6.92 Å². The number of hydrazone groups is 1. The van der Waals surface area contributed by atoms with Gasteiger partial charge in [0.2, 0.25) is 10.0 Å². The number of benzene rings is 2. The maximum atomic E-state index is 12.7. The van der Waals surface area contributed by atoms with Crippen LogP contribution in [0.15, 0.2) is 55.3 Å². The number of ether oxygens (including phenoxy) is 1. The number of carbonyl (C=O) groups is 2. The molecule has 0 aliphatic rings. The van der Waals surface area contributed by atoms with Crippen molar-refractivity contribution in [3.05, 3.63) is 56.5 Å². The number of hydrogen-bond donors (Lipinski definition) is 2. The van der Waals surface area contributed by atoms with E-state index in [9.17, 15) is 18.0 Å². The van der Waals surface area contributed by atoms with Crippen LogP contribution in [0.25, 0.3) is 0 Å². The fourth-order valence-corrected chi connectivity index (χ4v) is 5.31. The SMILES string of the molecule is CC(=O)Oc1c(Br)cc(/C=N\NC(=O)[C@@H](NS(=O)(=O)c2ccc(C)cc2)C(C)C)cc1Br. The van der Waals surface area contributed by atoms with E-state index in [0.717, 1.165) is 5.56 Å². The first-order chi connectivity index (χ1) is 14.9. The third kappa shape index (κ3) is 7.22. The van der Waals surface area contributed by atoms with Gasteiger partial charge in [0, 0.05) is 6.92 Å². The number of carbonyl (C=O) groups excluding carboxylic acids is 2. The lowest BCUT2D eigenvalue weighted by molar-refractivity contribution is -0.132. The number of halogens is 2. The molecule has 1 amide bonds. The van der Waals surface area contributed by atoms with Crippen LogP contribution in [0.5, 0.6) is 5.75 Å². The predicted molar refractivity (Wildman–Crippen MR) is 129 cm³/mol. The molecule has 32 heavy (non-hydrogen) atoms. The highest BCUT2D eigenvalue weighted by atomic mass is 79.9. The zero-order valence-electron chi connectivity index (χ0n) is 17.8. The summed E-state index contributed by atoms with van der Waals surface area (Å²) in [5.41, 5.74) is 3.89. The molecule has 172 valence electrons. The standard InChI is InChI=1S/C21H23Br2N3O5S/c1-12(2)19(26-32(29,30)16-7-5-13(3)6-8-16)21(28)25-24-11-15-9-17(22)20(18(23)10-15)31-14(4)27/h5-12,19,26H,1-4H3,(H,25,28)/b24-11-/t19-/m0/s1. The Kier molecular flexibility index (Phi) is 9.14. The first-order valence-corrected chi connectivity index (χ1v) is 12.6. The molecule has 11 heteroatoms. The van der Waals surface area contributed by atoms with Crippen LogP contribution < -0.4 is 14.9 Å². The van der Waals surface area contributed by atoms with E-state index >= 15 is 0 Å². The van der Waals surface area contributed by atoms with Gasteiger partial charge in [-0.3, -0.25) is 9.59 Å². The van der Waals surface area contributed by atoms with Crippen molar-refractivity contribution in [2.75, 3.05) is 0 Å². The van der Waals surface area contributed by atoms with Crippen LogP contribution in [0.4, 0.5) is 0 Å². The summed E-state index contributed by atoms with van der Waals surface area (Å²) in [6.07, 6.45) is 1.39.